The Morgan fingerprint density at radius 2 is 1.67 bits per heavy atom. The number of piperazine rings is 1. The second kappa shape index (κ2) is 6.75. The SMILES string of the molecule is O=C([C@H]1C[C@@H]1[N+](=O)[O-])N1CCN(S(=O)(=O)c2ccc(C(F)(F)F)cc2)CC1. The molecular weight excluding hydrogens is 391 g/mol. The Kier molecular flexibility index (Phi) is 4.89. The van der Waals surface area contributed by atoms with Gasteiger partial charge in [0.05, 0.1) is 10.5 Å². The molecule has 0 radical (unpaired) electrons. The summed E-state index contributed by atoms with van der Waals surface area (Å²) in [5.74, 6) is -1.01. The lowest BCUT2D eigenvalue weighted by Gasteiger charge is -2.34. The van der Waals surface area contributed by atoms with Crippen LogP contribution in [0.4, 0.5) is 13.2 Å². The molecule has 2 atom stereocenters. The van der Waals surface area contributed by atoms with Crippen LogP contribution in [-0.4, -0.2) is 60.7 Å². The van der Waals surface area contributed by atoms with E-state index in [1.807, 2.05) is 0 Å². The van der Waals surface area contributed by atoms with Crippen molar-refractivity contribution in [2.24, 2.45) is 5.92 Å². The highest BCUT2D eigenvalue weighted by molar-refractivity contribution is 7.89. The van der Waals surface area contributed by atoms with Gasteiger partial charge in [-0.3, -0.25) is 14.9 Å². The average molecular weight is 407 g/mol. The first-order chi connectivity index (χ1) is 12.5. The zero-order chi connectivity index (χ0) is 20.0. The molecule has 0 bridgehead atoms. The number of hydrogen-bond donors (Lipinski definition) is 0. The summed E-state index contributed by atoms with van der Waals surface area (Å²) in [4.78, 5) is 23.5. The first-order valence-corrected chi connectivity index (χ1v) is 9.55. The number of sulfonamides is 1. The van der Waals surface area contributed by atoms with Crippen LogP contribution < -0.4 is 0 Å². The molecular formula is C15H16F3N3O5S. The number of carbonyl (C=O) groups is 1. The van der Waals surface area contributed by atoms with E-state index in [0.717, 1.165) is 16.4 Å². The summed E-state index contributed by atoms with van der Waals surface area (Å²) in [5.41, 5.74) is -0.943. The molecule has 148 valence electrons. The minimum atomic E-state index is -4.56. The second-order valence-electron chi connectivity index (χ2n) is 6.45. The molecule has 1 heterocycles. The third kappa shape index (κ3) is 3.90. The van der Waals surface area contributed by atoms with Crippen molar-refractivity contribution in [1.82, 2.24) is 9.21 Å². The lowest BCUT2D eigenvalue weighted by molar-refractivity contribution is -0.497. The van der Waals surface area contributed by atoms with Crippen LogP contribution in [0.5, 0.6) is 0 Å². The van der Waals surface area contributed by atoms with E-state index in [1.165, 1.54) is 4.90 Å². The van der Waals surface area contributed by atoms with E-state index >= 15 is 0 Å². The molecule has 3 rings (SSSR count). The minimum Gasteiger partial charge on any atom is -0.340 e. The summed E-state index contributed by atoms with van der Waals surface area (Å²) in [6.07, 6.45) is -4.37. The smallest absolute Gasteiger partial charge is 0.340 e. The van der Waals surface area contributed by atoms with Crippen LogP contribution in [0.1, 0.15) is 12.0 Å². The largest absolute Gasteiger partial charge is 0.416 e. The lowest BCUT2D eigenvalue weighted by atomic mass is 10.2. The van der Waals surface area contributed by atoms with E-state index in [-0.39, 0.29) is 43.4 Å². The Hall–Kier alpha value is -2.21. The van der Waals surface area contributed by atoms with Crippen LogP contribution in [-0.2, 0) is 21.0 Å². The maximum atomic E-state index is 12.6. The fourth-order valence-corrected chi connectivity index (χ4v) is 4.45. The zero-order valence-corrected chi connectivity index (χ0v) is 14.7. The third-order valence-corrected chi connectivity index (χ3v) is 6.63. The van der Waals surface area contributed by atoms with E-state index in [0.29, 0.717) is 12.1 Å². The number of alkyl halides is 3. The van der Waals surface area contributed by atoms with E-state index < -0.39 is 38.6 Å². The van der Waals surface area contributed by atoms with Gasteiger partial charge < -0.3 is 4.90 Å². The summed E-state index contributed by atoms with van der Waals surface area (Å²) in [6, 6.07) is 2.35. The maximum Gasteiger partial charge on any atom is 0.416 e. The molecule has 12 heteroatoms. The molecule has 1 aliphatic heterocycles. The normalized spacial score (nSPS) is 23.9. The molecule has 0 unspecified atom stereocenters. The summed E-state index contributed by atoms with van der Waals surface area (Å²) in [6.45, 7) is 0.120. The van der Waals surface area contributed by atoms with Gasteiger partial charge in [0.2, 0.25) is 22.0 Å². The lowest BCUT2D eigenvalue weighted by Crippen LogP contribution is -2.51. The highest BCUT2D eigenvalue weighted by Gasteiger charge is 2.54. The third-order valence-electron chi connectivity index (χ3n) is 4.71. The Morgan fingerprint density at radius 3 is 2.11 bits per heavy atom. The average Bonchev–Trinajstić information content (AvgIpc) is 3.41. The quantitative estimate of drug-likeness (QED) is 0.552. The van der Waals surface area contributed by atoms with Gasteiger partial charge in [-0.05, 0) is 24.3 Å². The molecule has 1 amide bonds. The molecule has 2 fully saturated rings. The zero-order valence-electron chi connectivity index (χ0n) is 13.9. The first-order valence-electron chi connectivity index (χ1n) is 8.11. The Bertz CT molecular complexity index is 848. The van der Waals surface area contributed by atoms with Gasteiger partial charge in [-0.2, -0.15) is 17.5 Å². The Balaban J connectivity index is 1.63. The van der Waals surface area contributed by atoms with Crippen LogP contribution in [0, 0.1) is 16.0 Å². The fourth-order valence-electron chi connectivity index (χ4n) is 3.03. The number of benzene rings is 1. The molecule has 1 aliphatic carbocycles. The van der Waals surface area contributed by atoms with Gasteiger partial charge in [-0.15, -0.1) is 0 Å². The van der Waals surface area contributed by atoms with Crippen molar-refractivity contribution < 1.29 is 31.3 Å². The highest BCUT2D eigenvalue weighted by Crippen LogP contribution is 2.35. The Morgan fingerprint density at radius 1 is 1.11 bits per heavy atom. The molecule has 27 heavy (non-hydrogen) atoms. The molecule has 1 aromatic rings. The Labute approximate surface area is 152 Å². The van der Waals surface area contributed by atoms with Crippen LogP contribution >= 0.6 is 0 Å². The summed E-state index contributed by atoms with van der Waals surface area (Å²) in [7, 11) is -3.98. The van der Waals surface area contributed by atoms with Gasteiger partial charge in [0, 0.05) is 37.5 Å². The van der Waals surface area contributed by atoms with Gasteiger partial charge in [-0.25, -0.2) is 8.42 Å². The minimum absolute atomic E-state index is 0.0229. The molecule has 0 spiro atoms. The van der Waals surface area contributed by atoms with Crippen LogP contribution in [0.15, 0.2) is 29.2 Å². The van der Waals surface area contributed by atoms with Crippen LogP contribution in [0.25, 0.3) is 0 Å². The standard InChI is InChI=1S/C15H16F3N3O5S/c16-15(17,18)10-1-3-11(4-2-10)27(25,26)20-7-5-19(6-8-20)14(22)12-9-13(12)21(23)24/h1-4,12-13H,5-9H2/t12-,13-/m0/s1. The molecule has 0 N–H and O–H groups in total. The van der Waals surface area contributed by atoms with Crippen LogP contribution in [0.2, 0.25) is 0 Å². The number of amides is 1. The van der Waals surface area contributed by atoms with E-state index in [2.05, 4.69) is 0 Å². The van der Waals surface area contributed by atoms with Crippen molar-refractivity contribution in [3.05, 3.63) is 39.9 Å². The van der Waals surface area contributed by atoms with Crippen molar-refractivity contribution in [2.45, 2.75) is 23.5 Å². The van der Waals surface area contributed by atoms with Crippen molar-refractivity contribution in [2.75, 3.05) is 26.2 Å². The molecule has 0 aromatic heterocycles. The molecule has 1 saturated heterocycles. The topological polar surface area (TPSA) is 101 Å². The number of halogens is 3. The number of nitrogens with zero attached hydrogens (tertiary/aromatic N) is 3. The van der Waals surface area contributed by atoms with E-state index in [4.69, 9.17) is 0 Å². The maximum absolute atomic E-state index is 12.6. The van der Waals surface area contributed by atoms with Crippen molar-refractivity contribution in [3.63, 3.8) is 0 Å². The van der Waals surface area contributed by atoms with Gasteiger partial charge in [0.25, 0.3) is 0 Å². The second-order valence-corrected chi connectivity index (χ2v) is 8.38. The van der Waals surface area contributed by atoms with Crippen molar-refractivity contribution in [1.29, 1.82) is 0 Å². The first kappa shape index (κ1) is 19.5. The number of carbonyl (C=O) groups excluding carboxylic acids is 1. The molecule has 1 saturated carbocycles. The van der Waals surface area contributed by atoms with E-state index in [1.54, 1.807) is 0 Å². The fraction of sp³-hybridized carbons (Fsp3) is 0.533. The summed E-state index contributed by atoms with van der Waals surface area (Å²) >= 11 is 0. The monoisotopic (exact) mass is 407 g/mol. The van der Waals surface area contributed by atoms with Gasteiger partial charge in [-0.1, -0.05) is 0 Å². The molecule has 1 aromatic carbocycles. The van der Waals surface area contributed by atoms with Crippen molar-refractivity contribution in [3.8, 4) is 0 Å². The number of nitro groups is 1. The summed E-state index contributed by atoms with van der Waals surface area (Å²) in [5, 5.41) is 10.7. The van der Waals surface area contributed by atoms with Gasteiger partial charge >= 0.3 is 6.18 Å². The predicted octanol–water partition coefficient (Wildman–Crippen LogP) is 1.20. The number of hydrogen-bond acceptors (Lipinski definition) is 5. The van der Waals surface area contributed by atoms with Crippen molar-refractivity contribution >= 4 is 15.9 Å². The predicted molar refractivity (Wildman–Crippen MR) is 85.7 cm³/mol. The summed E-state index contributed by atoms with van der Waals surface area (Å²) < 4.78 is 64.0. The van der Waals surface area contributed by atoms with E-state index in [9.17, 15) is 36.5 Å². The van der Waals surface area contributed by atoms with Crippen LogP contribution in [0.3, 0.4) is 0 Å². The number of rotatable bonds is 4. The van der Waals surface area contributed by atoms with Gasteiger partial charge in [0.1, 0.15) is 5.92 Å². The highest BCUT2D eigenvalue weighted by atomic mass is 32.2. The molecule has 2 aliphatic rings. The van der Waals surface area contributed by atoms with Gasteiger partial charge in [0.15, 0.2) is 0 Å². The molecule has 8 nitrogen and oxygen atoms in total.